The van der Waals surface area contributed by atoms with Crippen molar-refractivity contribution < 1.29 is 9.53 Å². The molecule has 0 N–H and O–H groups in total. The SMILES string of the molecule is COc1ccc(-c2cc3c(n(C)c2=O)CCN(C(=O)[C@H](C)n2cncn2)C3)c2ccc(C)nc12. The van der Waals surface area contributed by atoms with Gasteiger partial charge in [-0.25, -0.2) is 14.6 Å². The van der Waals surface area contributed by atoms with E-state index in [-0.39, 0.29) is 11.5 Å². The molecule has 0 radical (unpaired) electrons. The van der Waals surface area contributed by atoms with E-state index >= 15 is 0 Å². The molecule has 174 valence electrons. The number of carbonyl (C=O) groups excluding carboxylic acids is 1. The van der Waals surface area contributed by atoms with Crippen LogP contribution in [-0.2, 0) is 24.8 Å². The number of fused-ring (bicyclic) bond motifs is 2. The largest absolute Gasteiger partial charge is 0.494 e. The minimum atomic E-state index is -0.448. The fourth-order valence-electron chi connectivity index (χ4n) is 4.69. The first kappa shape index (κ1) is 21.8. The van der Waals surface area contributed by atoms with E-state index in [2.05, 4.69) is 15.1 Å². The van der Waals surface area contributed by atoms with Gasteiger partial charge in [0.1, 0.15) is 30.0 Å². The second kappa shape index (κ2) is 8.40. The molecule has 4 heterocycles. The predicted octanol–water partition coefficient (Wildman–Crippen LogP) is 2.65. The van der Waals surface area contributed by atoms with Gasteiger partial charge in [0.25, 0.3) is 5.56 Å². The Balaban J connectivity index is 1.58. The van der Waals surface area contributed by atoms with Gasteiger partial charge in [0.05, 0.1) is 7.11 Å². The Morgan fingerprint density at radius 3 is 2.74 bits per heavy atom. The van der Waals surface area contributed by atoms with E-state index in [1.54, 1.807) is 29.7 Å². The Hall–Kier alpha value is -4.01. The van der Waals surface area contributed by atoms with Crippen LogP contribution in [0.3, 0.4) is 0 Å². The molecule has 5 rings (SSSR count). The quantitative estimate of drug-likeness (QED) is 0.467. The van der Waals surface area contributed by atoms with Gasteiger partial charge in [-0.15, -0.1) is 0 Å². The van der Waals surface area contributed by atoms with Crippen molar-refractivity contribution in [2.45, 2.75) is 32.9 Å². The fourth-order valence-corrected chi connectivity index (χ4v) is 4.69. The molecule has 1 amide bonds. The molecule has 9 nitrogen and oxygen atoms in total. The number of benzene rings is 1. The first-order chi connectivity index (χ1) is 16.4. The lowest BCUT2D eigenvalue weighted by Crippen LogP contribution is -2.41. The Morgan fingerprint density at radius 1 is 1.18 bits per heavy atom. The van der Waals surface area contributed by atoms with Crippen molar-refractivity contribution in [3.63, 3.8) is 0 Å². The number of carbonyl (C=O) groups is 1. The van der Waals surface area contributed by atoms with Crippen molar-refractivity contribution in [3.05, 3.63) is 70.3 Å². The Bertz CT molecular complexity index is 1460. The first-order valence-corrected chi connectivity index (χ1v) is 11.2. The molecule has 0 aliphatic carbocycles. The summed E-state index contributed by atoms with van der Waals surface area (Å²) >= 11 is 0. The Kier molecular flexibility index (Phi) is 5.39. The van der Waals surface area contributed by atoms with E-state index in [0.29, 0.717) is 30.8 Å². The lowest BCUT2D eigenvalue weighted by Gasteiger charge is -2.32. The molecular weight excluding hydrogens is 432 g/mol. The van der Waals surface area contributed by atoms with Crippen LogP contribution in [0.25, 0.3) is 22.0 Å². The molecule has 0 saturated carbocycles. The van der Waals surface area contributed by atoms with E-state index in [0.717, 1.165) is 33.4 Å². The van der Waals surface area contributed by atoms with Gasteiger partial charge in [-0.05, 0) is 49.2 Å². The number of methoxy groups -OCH3 is 1. The zero-order chi connectivity index (χ0) is 24.0. The van der Waals surface area contributed by atoms with Gasteiger partial charge in [-0.2, -0.15) is 5.10 Å². The van der Waals surface area contributed by atoms with Crippen LogP contribution in [0.2, 0.25) is 0 Å². The summed E-state index contributed by atoms with van der Waals surface area (Å²) in [5, 5.41) is 4.95. The molecule has 1 aromatic carbocycles. The maximum absolute atomic E-state index is 13.4. The van der Waals surface area contributed by atoms with Gasteiger partial charge in [0.2, 0.25) is 5.91 Å². The molecule has 9 heteroatoms. The number of hydrogen-bond acceptors (Lipinski definition) is 6. The van der Waals surface area contributed by atoms with E-state index < -0.39 is 6.04 Å². The third-order valence-corrected chi connectivity index (χ3v) is 6.58. The molecule has 4 aromatic rings. The van der Waals surface area contributed by atoms with Gasteiger partial charge >= 0.3 is 0 Å². The second-order valence-corrected chi connectivity index (χ2v) is 8.62. The van der Waals surface area contributed by atoms with Crippen LogP contribution >= 0.6 is 0 Å². The Labute approximate surface area is 196 Å². The van der Waals surface area contributed by atoms with Crippen LogP contribution in [0.5, 0.6) is 5.75 Å². The number of pyridine rings is 2. The molecule has 0 fully saturated rings. The van der Waals surface area contributed by atoms with Crippen molar-refractivity contribution in [3.8, 4) is 16.9 Å². The topological polar surface area (TPSA) is 95.1 Å². The lowest BCUT2D eigenvalue weighted by molar-refractivity contribution is -0.135. The molecule has 0 spiro atoms. The lowest BCUT2D eigenvalue weighted by atomic mass is 9.96. The number of nitrogens with zero attached hydrogens (tertiary/aromatic N) is 6. The van der Waals surface area contributed by atoms with Crippen LogP contribution in [0.15, 0.2) is 47.8 Å². The van der Waals surface area contributed by atoms with Crippen LogP contribution in [0.4, 0.5) is 0 Å². The summed E-state index contributed by atoms with van der Waals surface area (Å²) in [4.78, 5) is 36.9. The number of aryl methyl sites for hydroxylation is 1. The normalized spacial score (nSPS) is 14.2. The highest BCUT2D eigenvalue weighted by Gasteiger charge is 2.28. The second-order valence-electron chi connectivity index (χ2n) is 8.62. The highest BCUT2D eigenvalue weighted by molar-refractivity contribution is 5.98. The van der Waals surface area contributed by atoms with Crippen LogP contribution in [-0.4, -0.2) is 48.8 Å². The summed E-state index contributed by atoms with van der Waals surface area (Å²) in [6.45, 7) is 4.72. The number of amides is 1. The van der Waals surface area contributed by atoms with E-state index in [1.807, 2.05) is 49.1 Å². The van der Waals surface area contributed by atoms with Gasteiger partial charge < -0.3 is 14.2 Å². The predicted molar refractivity (Wildman–Crippen MR) is 128 cm³/mol. The van der Waals surface area contributed by atoms with Crippen molar-refractivity contribution in [1.29, 1.82) is 0 Å². The third kappa shape index (κ3) is 3.53. The van der Waals surface area contributed by atoms with Crippen molar-refractivity contribution >= 4 is 16.8 Å². The highest BCUT2D eigenvalue weighted by Crippen LogP contribution is 2.33. The number of ether oxygens (including phenoxy) is 1. The number of hydrogen-bond donors (Lipinski definition) is 0. The molecule has 0 unspecified atom stereocenters. The van der Waals surface area contributed by atoms with E-state index in [4.69, 9.17) is 4.74 Å². The average molecular weight is 459 g/mol. The van der Waals surface area contributed by atoms with Crippen molar-refractivity contribution in [1.82, 2.24) is 29.2 Å². The van der Waals surface area contributed by atoms with Gasteiger partial charge in [-0.1, -0.05) is 6.07 Å². The summed E-state index contributed by atoms with van der Waals surface area (Å²) in [5.74, 6) is 0.636. The zero-order valence-electron chi connectivity index (χ0n) is 19.6. The van der Waals surface area contributed by atoms with Gasteiger partial charge in [-0.3, -0.25) is 9.59 Å². The summed E-state index contributed by atoms with van der Waals surface area (Å²) in [6.07, 6.45) is 3.58. The molecule has 0 bridgehead atoms. The summed E-state index contributed by atoms with van der Waals surface area (Å²) in [6, 6.07) is 9.14. The number of aromatic nitrogens is 5. The molecular formula is C25H26N6O3. The monoisotopic (exact) mass is 458 g/mol. The smallest absolute Gasteiger partial charge is 0.258 e. The highest BCUT2D eigenvalue weighted by atomic mass is 16.5. The van der Waals surface area contributed by atoms with Crippen LogP contribution in [0.1, 0.15) is 29.9 Å². The van der Waals surface area contributed by atoms with E-state index in [9.17, 15) is 9.59 Å². The fraction of sp³-hybridized carbons (Fsp3) is 0.320. The minimum absolute atomic E-state index is 0.0267. The average Bonchev–Trinajstić information content (AvgIpc) is 3.39. The molecule has 1 atom stereocenters. The first-order valence-electron chi connectivity index (χ1n) is 11.2. The van der Waals surface area contributed by atoms with Crippen LogP contribution in [0, 0.1) is 6.92 Å². The van der Waals surface area contributed by atoms with Gasteiger partial charge in [0.15, 0.2) is 0 Å². The third-order valence-electron chi connectivity index (χ3n) is 6.58. The van der Waals surface area contributed by atoms with Crippen molar-refractivity contribution in [2.75, 3.05) is 13.7 Å². The maximum Gasteiger partial charge on any atom is 0.258 e. The molecule has 0 saturated heterocycles. The Morgan fingerprint density at radius 2 is 2.00 bits per heavy atom. The zero-order valence-corrected chi connectivity index (χ0v) is 19.6. The number of rotatable bonds is 4. The molecule has 34 heavy (non-hydrogen) atoms. The van der Waals surface area contributed by atoms with Crippen molar-refractivity contribution in [2.24, 2.45) is 7.05 Å². The van der Waals surface area contributed by atoms with E-state index in [1.165, 1.54) is 6.33 Å². The maximum atomic E-state index is 13.4. The van der Waals surface area contributed by atoms with Crippen LogP contribution < -0.4 is 10.3 Å². The molecule has 1 aliphatic heterocycles. The summed E-state index contributed by atoms with van der Waals surface area (Å²) < 4.78 is 8.78. The summed E-state index contributed by atoms with van der Waals surface area (Å²) in [5.41, 5.74) is 4.82. The minimum Gasteiger partial charge on any atom is -0.494 e. The van der Waals surface area contributed by atoms with Gasteiger partial charge in [0, 0.05) is 48.9 Å². The summed E-state index contributed by atoms with van der Waals surface area (Å²) in [7, 11) is 3.41. The molecule has 1 aliphatic rings. The molecule has 3 aromatic heterocycles. The standard InChI is InChI=1S/C25H26N6O3/c1-15-5-6-19-18(7-8-22(34-4)23(19)28-15)20-11-17-12-30(10-9-21(17)29(3)25(20)33)24(32)16(2)31-14-26-13-27-31/h5-8,11,13-14,16H,9-10,12H2,1-4H3/t16-/m0/s1.